The zero-order valence-corrected chi connectivity index (χ0v) is 13.8. The molecular weight excluding hydrogens is 312 g/mol. The third-order valence-electron chi connectivity index (χ3n) is 3.54. The van der Waals surface area contributed by atoms with Crippen molar-refractivity contribution in [1.29, 1.82) is 0 Å². The molecule has 0 bridgehead atoms. The molecule has 2 aromatic rings. The SMILES string of the molecule is Cc1ccc(N)c(NCC(C)(C)c2cccc(Br)c2)c1. The van der Waals surface area contributed by atoms with Crippen molar-refractivity contribution < 1.29 is 0 Å². The number of nitrogens with one attached hydrogen (secondary N) is 1. The maximum atomic E-state index is 6.01. The summed E-state index contributed by atoms with van der Waals surface area (Å²) in [6.45, 7) is 7.36. The Labute approximate surface area is 129 Å². The second kappa shape index (κ2) is 5.88. The standard InChI is InChI=1S/C17H21BrN2/c1-12-7-8-15(19)16(9-12)20-11-17(2,3)13-5-4-6-14(18)10-13/h4-10,20H,11,19H2,1-3H3. The second-order valence-corrected chi connectivity index (χ2v) is 6.75. The van der Waals surface area contributed by atoms with Crippen LogP contribution in [0.25, 0.3) is 0 Å². The van der Waals surface area contributed by atoms with Crippen LogP contribution in [0.3, 0.4) is 0 Å². The van der Waals surface area contributed by atoms with Crippen molar-refractivity contribution in [3.63, 3.8) is 0 Å². The molecule has 3 N–H and O–H groups in total. The summed E-state index contributed by atoms with van der Waals surface area (Å²) >= 11 is 3.53. The van der Waals surface area contributed by atoms with Gasteiger partial charge in [0.15, 0.2) is 0 Å². The molecule has 0 saturated heterocycles. The zero-order valence-electron chi connectivity index (χ0n) is 12.2. The number of anilines is 2. The number of nitrogen functional groups attached to an aromatic ring is 1. The molecule has 0 spiro atoms. The first kappa shape index (κ1) is 14.9. The van der Waals surface area contributed by atoms with E-state index in [0.29, 0.717) is 0 Å². The van der Waals surface area contributed by atoms with E-state index in [4.69, 9.17) is 5.73 Å². The Bertz CT molecular complexity index is 606. The van der Waals surface area contributed by atoms with Crippen LogP contribution in [-0.2, 0) is 5.41 Å². The monoisotopic (exact) mass is 332 g/mol. The van der Waals surface area contributed by atoms with Gasteiger partial charge in [-0.2, -0.15) is 0 Å². The average molecular weight is 333 g/mol. The van der Waals surface area contributed by atoms with Gasteiger partial charge in [-0.3, -0.25) is 0 Å². The number of benzene rings is 2. The van der Waals surface area contributed by atoms with Crippen molar-refractivity contribution in [2.24, 2.45) is 0 Å². The van der Waals surface area contributed by atoms with E-state index >= 15 is 0 Å². The largest absolute Gasteiger partial charge is 0.397 e. The van der Waals surface area contributed by atoms with E-state index in [1.54, 1.807) is 0 Å². The molecule has 0 unspecified atom stereocenters. The number of hydrogen-bond donors (Lipinski definition) is 2. The summed E-state index contributed by atoms with van der Waals surface area (Å²) < 4.78 is 1.11. The summed E-state index contributed by atoms with van der Waals surface area (Å²) in [5.74, 6) is 0. The Morgan fingerprint density at radius 3 is 2.60 bits per heavy atom. The van der Waals surface area contributed by atoms with Crippen molar-refractivity contribution in [3.8, 4) is 0 Å². The van der Waals surface area contributed by atoms with Gasteiger partial charge in [0.25, 0.3) is 0 Å². The first-order valence-electron chi connectivity index (χ1n) is 6.74. The molecular formula is C17H21BrN2. The Kier molecular flexibility index (Phi) is 4.39. The second-order valence-electron chi connectivity index (χ2n) is 5.84. The van der Waals surface area contributed by atoms with Gasteiger partial charge in [-0.25, -0.2) is 0 Å². The van der Waals surface area contributed by atoms with Crippen molar-refractivity contribution in [2.75, 3.05) is 17.6 Å². The van der Waals surface area contributed by atoms with Gasteiger partial charge in [-0.1, -0.05) is 48.0 Å². The van der Waals surface area contributed by atoms with E-state index in [-0.39, 0.29) is 5.41 Å². The molecule has 3 heteroatoms. The maximum absolute atomic E-state index is 6.01. The van der Waals surface area contributed by atoms with Crippen molar-refractivity contribution in [2.45, 2.75) is 26.2 Å². The number of rotatable bonds is 4. The van der Waals surface area contributed by atoms with E-state index in [1.807, 2.05) is 18.2 Å². The van der Waals surface area contributed by atoms with Crippen molar-refractivity contribution in [3.05, 3.63) is 58.1 Å². The molecule has 2 rings (SSSR count). The molecule has 0 heterocycles. The van der Waals surface area contributed by atoms with Crippen LogP contribution < -0.4 is 11.1 Å². The minimum Gasteiger partial charge on any atom is -0.397 e. The molecule has 2 aromatic carbocycles. The highest BCUT2D eigenvalue weighted by molar-refractivity contribution is 9.10. The highest BCUT2D eigenvalue weighted by atomic mass is 79.9. The van der Waals surface area contributed by atoms with E-state index in [1.165, 1.54) is 11.1 Å². The molecule has 0 aliphatic carbocycles. The third-order valence-corrected chi connectivity index (χ3v) is 4.03. The van der Waals surface area contributed by atoms with Crippen LogP contribution in [0.2, 0.25) is 0 Å². The van der Waals surface area contributed by atoms with Gasteiger partial charge in [0, 0.05) is 16.4 Å². The molecule has 106 valence electrons. The average Bonchev–Trinajstić information content (AvgIpc) is 2.40. The summed E-state index contributed by atoms with van der Waals surface area (Å²) in [4.78, 5) is 0. The van der Waals surface area contributed by atoms with E-state index in [2.05, 4.69) is 66.3 Å². The van der Waals surface area contributed by atoms with Crippen molar-refractivity contribution >= 4 is 27.3 Å². The maximum Gasteiger partial charge on any atom is 0.0576 e. The minimum atomic E-state index is 0.0277. The zero-order chi connectivity index (χ0) is 14.8. The molecule has 0 aliphatic heterocycles. The molecule has 0 saturated carbocycles. The summed E-state index contributed by atoms with van der Waals surface area (Å²) in [5.41, 5.74) is 10.3. The fraction of sp³-hybridized carbons (Fsp3) is 0.294. The molecule has 0 radical (unpaired) electrons. The quantitative estimate of drug-likeness (QED) is 0.794. The van der Waals surface area contributed by atoms with Crippen LogP contribution in [0.15, 0.2) is 46.9 Å². The Balaban J connectivity index is 2.14. The molecule has 20 heavy (non-hydrogen) atoms. The van der Waals surface area contributed by atoms with Gasteiger partial charge < -0.3 is 11.1 Å². The number of aryl methyl sites for hydroxylation is 1. The predicted molar refractivity (Wildman–Crippen MR) is 91.2 cm³/mol. The van der Waals surface area contributed by atoms with E-state index in [0.717, 1.165) is 22.4 Å². The van der Waals surface area contributed by atoms with Gasteiger partial charge in [0.1, 0.15) is 0 Å². The van der Waals surface area contributed by atoms with Crippen LogP contribution in [-0.4, -0.2) is 6.54 Å². The molecule has 0 fully saturated rings. The highest BCUT2D eigenvalue weighted by Crippen LogP contribution is 2.27. The number of nitrogens with two attached hydrogens (primary N) is 1. The van der Waals surface area contributed by atoms with Crippen LogP contribution in [0, 0.1) is 6.92 Å². The van der Waals surface area contributed by atoms with Gasteiger partial charge in [0.2, 0.25) is 0 Å². The number of hydrogen-bond acceptors (Lipinski definition) is 2. The minimum absolute atomic E-state index is 0.0277. The topological polar surface area (TPSA) is 38.0 Å². The van der Waals surface area contributed by atoms with Crippen molar-refractivity contribution in [1.82, 2.24) is 0 Å². The fourth-order valence-electron chi connectivity index (χ4n) is 2.15. The number of halogens is 1. The Morgan fingerprint density at radius 1 is 1.15 bits per heavy atom. The van der Waals surface area contributed by atoms with Crippen LogP contribution in [0.1, 0.15) is 25.0 Å². The smallest absolute Gasteiger partial charge is 0.0576 e. The van der Waals surface area contributed by atoms with Crippen LogP contribution >= 0.6 is 15.9 Å². The van der Waals surface area contributed by atoms with Gasteiger partial charge in [0.05, 0.1) is 11.4 Å². The first-order chi connectivity index (χ1) is 9.38. The third kappa shape index (κ3) is 3.54. The highest BCUT2D eigenvalue weighted by Gasteiger charge is 2.20. The molecule has 0 aliphatic rings. The molecule has 0 aromatic heterocycles. The molecule has 0 amide bonds. The van der Waals surface area contributed by atoms with Gasteiger partial charge in [-0.05, 0) is 42.3 Å². The Hall–Kier alpha value is -1.48. The Morgan fingerprint density at radius 2 is 1.90 bits per heavy atom. The summed E-state index contributed by atoms with van der Waals surface area (Å²) in [5, 5.41) is 3.47. The van der Waals surface area contributed by atoms with Crippen LogP contribution in [0.5, 0.6) is 0 Å². The predicted octanol–water partition coefficient (Wildman–Crippen LogP) is 4.73. The molecule has 0 atom stereocenters. The lowest BCUT2D eigenvalue weighted by Gasteiger charge is -2.27. The van der Waals surface area contributed by atoms with Gasteiger partial charge in [-0.15, -0.1) is 0 Å². The summed E-state index contributed by atoms with van der Waals surface area (Å²) in [7, 11) is 0. The fourth-order valence-corrected chi connectivity index (χ4v) is 2.55. The summed E-state index contributed by atoms with van der Waals surface area (Å²) in [6, 6.07) is 14.5. The lowest BCUT2D eigenvalue weighted by Crippen LogP contribution is -2.27. The lowest BCUT2D eigenvalue weighted by atomic mass is 9.84. The van der Waals surface area contributed by atoms with E-state index in [9.17, 15) is 0 Å². The van der Waals surface area contributed by atoms with E-state index < -0.39 is 0 Å². The van der Waals surface area contributed by atoms with Crippen LogP contribution in [0.4, 0.5) is 11.4 Å². The summed E-state index contributed by atoms with van der Waals surface area (Å²) in [6.07, 6.45) is 0. The first-order valence-corrected chi connectivity index (χ1v) is 7.54. The lowest BCUT2D eigenvalue weighted by molar-refractivity contribution is 0.557. The molecule has 2 nitrogen and oxygen atoms in total. The normalized spacial score (nSPS) is 11.4. The van der Waals surface area contributed by atoms with Gasteiger partial charge >= 0.3 is 0 Å².